The second-order valence-electron chi connectivity index (χ2n) is 9.82. The number of benzene rings is 2. The highest BCUT2D eigenvalue weighted by Gasteiger charge is 2.28. The van der Waals surface area contributed by atoms with Crippen molar-refractivity contribution in [3.8, 4) is 27.9 Å². The highest BCUT2D eigenvalue weighted by atomic mass is 35.5. The summed E-state index contributed by atoms with van der Waals surface area (Å²) in [4.78, 5) is 18.3. The second kappa shape index (κ2) is 12.0. The summed E-state index contributed by atoms with van der Waals surface area (Å²) in [6.45, 7) is 0.0442. The van der Waals surface area contributed by atoms with Gasteiger partial charge in [-0.15, -0.1) is 5.10 Å². The molecule has 6 aromatic rings. The van der Waals surface area contributed by atoms with Crippen molar-refractivity contribution in [3.63, 3.8) is 0 Å². The van der Waals surface area contributed by atoms with E-state index in [2.05, 4.69) is 25.6 Å². The summed E-state index contributed by atoms with van der Waals surface area (Å²) in [5.74, 6) is -1.67. The van der Waals surface area contributed by atoms with Crippen LogP contribution in [-0.2, 0) is 0 Å². The van der Waals surface area contributed by atoms with Gasteiger partial charge in [0.2, 0.25) is 11.6 Å². The standard InChI is InChI=1S/C30H22ClF2N9O2/c1-39(30(43)19-5-3-2-4-6-19)17-26(40-15-22(14-36-40)20-11-12-34-27(32)13-20)24-9-7-21(16-42(24)44)28-25(41-18-35-37-38-41)10-8-23(31)29(28)33/h2-16,18,26H,17H2,1H3. The number of hydrogen-bond donors (Lipinski definition) is 0. The van der Waals surface area contributed by atoms with Crippen LogP contribution in [0.3, 0.4) is 0 Å². The maximum atomic E-state index is 15.4. The molecule has 6 rings (SSSR count). The lowest BCUT2D eigenvalue weighted by Gasteiger charge is -2.24. The second-order valence-corrected chi connectivity index (χ2v) is 10.2. The minimum Gasteiger partial charge on any atom is -0.618 e. The van der Waals surface area contributed by atoms with Gasteiger partial charge in [0.15, 0.2) is 18.1 Å². The van der Waals surface area contributed by atoms with Crippen molar-refractivity contribution in [1.82, 2.24) is 39.9 Å². The summed E-state index contributed by atoms with van der Waals surface area (Å²) in [7, 11) is 1.62. The molecule has 0 fully saturated rings. The smallest absolute Gasteiger partial charge is 0.253 e. The van der Waals surface area contributed by atoms with Crippen LogP contribution in [0.5, 0.6) is 0 Å². The Balaban J connectivity index is 1.42. The minimum absolute atomic E-state index is 0.0231. The number of aromatic nitrogens is 8. The number of nitrogens with zero attached hydrogens (tertiary/aromatic N) is 9. The number of hydrogen-bond acceptors (Lipinski definition) is 7. The Morgan fingerprint density at radius 1 is 1.07 bits per heavy atom. The normalized spacial score (nSPS) is 11.8. The van der Waals surface area contributed by atoms with Crippen molar-refractivity contribution in [2.24, 2.45) is 0 Å². The lowest BCUT2D eigenvalue weighted by molar-refractivity contribution is -0.615. The maximum Gasteiger partial charge on any atom is 0.253 e. The van der Waals surface area contributed by atoms with E-state index in [-0.39, 0.29) is 40.0 Å². The quantitative estimate of drug-likeness (QED) is 0.141. The van der Waals surface area contributed by atoms with Crippen LogP contribution in [0.4, 0.5) is 8.78 Å². The van der Waals surface area contributed by atoms with E-state index >= 15 is 4.39 Å². The fraction of sp³-hybridized carbons (Fsp3) is 0.100. The van der Waals surface area contributed by atoms with E-state index in [0.717, 1.165) is 0 Å². The lowest BCUT2D eigenvalue weighted by Crippen LogP contribution is -2.41. The summed E-state index contributed by atoms with van der Waals surface area (Å²) in [6, 6.07) is 16.9. The number of halogens is 3. The van der Waals surface area contributed by atoms with E-state index in [0.29, 0.717) is 21.4 Å². The van der Waals surface area contributed by atoms with Crippen LogP contribution in [0.1, 0.15) is 22.1 Å². The molecule has 44 heavy (non-hydrogen) atoms. The molecule has 0 radical (unpaired) electrons. The van der Waals surface area contributed by atoms with Gasteiger partial charge in [0.25, 0.3) is 5.91 Å². The Hall–Kier alpha value is -5.56. The predicted octanol–water partition coefficient (Wildman–Crippen LogP) is 4.51. The number of likely N-dealkylation sites (N-methyl/N-ethyl adjacent to an activating group) is 1. The van der Waals surface area contributed by atoms with Crippen LogP contribution in [0.25, 0.3) is 27.9 Å². The van der Waals surface area contributed by atoms with Gasteiger partial charge in [-0.25, -0.2) is 9.37 Å². The summed E-state index contributed by atoms with van der Waals surface area (Å²) in [6.07, 6.45) is 7.04. The van der Waals surface area contributed by atoms with Crippen LogP contribution in [0.2, 0.25) is 5.02 Å². The Labute approximate surface area is 254 Å². The summed E-state index contributed by atoms with van der Waals surface area (Å²) < 4.78 is 32.6. The Kier molecular flexibility index (Phi) is 7.77. The van der Waals surface area contributed by atoms with Crippen molar-refractivity contribution in [2.75, 3.05) is 13.6 Å². The fourth-order valence-corrected chi connectivity index (χ4v) is 5.03. The molecule has 0 aliphatic carbocycles. The lowest BCUT2D eigenvalue weighted by atomic mass is 10.0. The van der Waals surface area contributed by atoms with E-state index < -0.39 is 17.8 Å². The molecule has 0 bridgehead atoms. The van der Waals surface area contributed by atoms with E-state index in [1.54, 1.807) is 55.7 Å². The Morgan fingerprint density at radius 2 is 1.89 bits per heavy atom. The first-order valence-electron chi connectivity index (χ1n) is 13.2. The van der Waals surface area contributed by atoms with Crippen LogP contribution in [-0.4, -0.2) is 59.4 Å². The monoisotopic (exact) mass is 613 g/mol. The molecule has 4 heterocycles. The fourth-order valence-electron chi connectivity index (χ4n) is 4.87. The zero-order valence-corrected chi connectivity index (χ0v) is 23.8. The number of carbonyl (C=O) groups excluding carboxylic acids is 1. The topological polar surface area (TPSA) is 122 Å². The molecule has 0 aliphatic rings. The number of pyridine rings is 2. The predicted molar refractivity (Wildman–Crippen MR) is 155 cm³/mol. The average Bonchev–Trinajstić information content (AvgIpc) is 3.75. The van der Waals surface area contributed by atoms with Crippen molar-refractivity contribution in [1.29, 1.82) is 0 Å². The first kappa shape index (κ1) is 28.6. The molecular formula is C30H22ClF2N9O2. The third-order valence-corrected chi connectivity index (χ3v) is 7.33. The van der Waals surface area contributed by atoms with Crippen molar-refractivity contribution in [2.45, 2.75) is 6.04 Å². The average molecular weight is 614 g/mol. The molecule has 2 aromatic carbocycles. The van der Waals surface area contributed by atoms with Crippen LogP contribution >= 0.6 is 11.6 Å². The highest BCUT2D eigenvalue weighted by molar-refractivity contribution is 6.31. The van der Waals surface area contributed by atoms with Gasteiger partial charge in [0.1, 0.15) is 6.33 Å². The van der Waals surface area contributed by atoms with Gasteiger partial charge in [0, 0.05) is 42.7 Å². The number of tetrazole rings is 1. The molecule has 1 unspecified atom stereocenters. The number of rotatable bonds is 8. The van der Waals surface area contributed by atoms with Gasteiger partial charge in [0.05, 0.1) is 34.6 Å². The SMILES string of the molecule is CN(CC(c1ccc(-c2c(-n3cnnn3)ccc(Cl)c2F)c[n+]1[O-])n1cc(-c2ccnc(F)c2)cn1)C(=O)c1ccccc1. The first-order chi connectivity index (χ1) is 21.3. The van der Waals surface area contributed by atoms with Gasteiger partial charge < -0.3 is 10.1 Å². The van der Waals surface area contributed by atoms with E-state index in [4.69, 9.17) is 11.6 Å². The van der Waals surface area contributed by atoms with Crippen molar-refractivity contribution < 1.29 is 18.3 Å². The molecule has 0 saturated heterocycles. The van der Waals surface area contributed by atoms with E-state index in [9.17, 15) is 14.4 Å². The van der Waals surface area contributed by atoms with Crippen LogP contribution in [0, 0.1) is 17.0 Å². The van der Waals surface area contributed by atoms with Crippen LogP contribution < -0.4 is 4.73 Å². The third-order valence-electron chi connectivity index (χ3n) is 7.04. The molecule has 1 atom stereocenters. The molecule has 1 amide bonds. The molecule has 11 nitrogen and oxygen atoms in total. The van der Waals surface area contributed by atoms with Crippen LogP contribution in [0.15, 0.2) is 97.8 Å². The summed E-state index contributed by atoms with van der Waals surface area (Å²) in [5.41, 5.74) is 2.31. The van der Waals surface area contributed by atoms with Crippen molar-refractivity contribution in [3.05, 3.63) is 131 Å². The Bertz CT molecular complexity index is 1950. The first-order valence-corrected chi connectivity index (χ1v) is 13.6. The van der Waals surface area contributed by atoms with Gasteiger partial charge in [-0.2, -0.15) is 18.9 Å². The van der Waals surface area contributed by atoms with Gasteiger partial charge in [-0.1, -0.05) is 29.8 Å². The minimum atomic E-state index is -0.789. The number of amides is 1. The van der Waals surface area contributed by atoms with E-state index in [1.165, 1.54) is 57.4 Å². The molecule has 220 valence electrons. The molecule has 0 spiro atoms. The molecule has 0 N–H and O–H groups in total. The summed E-state index contributed by atoms with van der Waals surface area (Å²) >= 11 is 6.10. The Morgan fingerprint density at radius 3 is 2.61 bits per heavy atom. The molecule has 14 heteroatoms. The summed E-state index contributed by atoms with van der Waals surface area (Å²) in [5, 5.41) is 29.1. The maximum absolute atomic E-state index is 15.4. The largest absolute Gasteiger partial charge is 0.618 e. The van der Waals surface area contributed by atoms with Gasteiger partial charge in [-0.3, -0.25) is 9.48 Å². The molecular weight excluding hydrogens is 592 g/mol. The molecule has 4 aromatic heterocycles. The van der Waals surface area contributed by atoms with Gasteiger partial charge >= 0.3 is 0 Å². The highest BCUT2D eigenvalue weighted by Crippen LogP contribution is 2.33. The van der Waals surface area contributed by atoms with Gasteiger partial charge in [-0.05, 0) is 52.4 Å². The van der Waals surface area contributed by atoms with Crippen molar-refractivity contribution >= 4 is 17.5 Å². The zero-order chi connectivity index (χ0) is 30.8. The number of carbonyl (C=O) groups is 1. The third kappa shape index (κ3) is 5.60. The van der Waals surface area contributed by atoms with E-state index in [1.807, 2.05) is 6.07 Å². The zero-order valence-electron chi connectivity index (χ0n) is 23.0. The molecule has 0 saturated carbocycles. The molecule has 0 aliphatic heterocycles.